The van der Waals surface area contributed by atoms with Gasteiger partial charge in [0.15, 0.2) is 0 Å². The van der Waals surface area contributed by atoms with Crippen molar-refractivity contribution < 1.29 is 4.79 Å². The summed E-state index contributed by atoms with van der Waals surface area (Å²) in [7, 11) is 1.68. The number of carbonyl (C=O) groups is 1. The maximum Gasteiger partial charge on any atom is 0.236 e. The fourth-order valence-electron chi connectivity index (χ4n) is 2.10. The van der Waals surface area contributed by atoms with Crippen LogP contribution in [0.2, 0.25) is 0 Å². The molecule has 0 aromatic rings. The maximum absolute atomic E-state index is 11.3. The zero-order valence-electron chi connectivity index (χ0n) is 8.81. The summed E-state index contributed by atoms with van der Waals surface area (Å²) >= 11 is 0. The van der Waals surface area contributed by atoms with Crippen LogP contribution in [0.3, 0.4) is 0 Å². The van der Waals surface area contributed by atoms with Gasteiger partial charge in [-0.2, -0.15) is 0 Å². The van der Waals surface area contributed by atoms with Gasteiger partial charge < -0.3 is 10.6 Å². The molecule has 1 aliphatic carbocycles. The Morgan fingerprint density at radius 3 is 2.38 bits per heavy atom. The van der Waals surface area contributed by atoms with E-state index in [9.17, 15) is 4.79 Å². The van der Waals surface area contributed by atoms with E-state index in [1.165, 1.54) is 25.7 Å². The molecule has 76 valence electrons. The van der Waals surface area contributed by atoms with Gasteiger partial charge in [0, 0.05) is 12.6 Å². The standard InChI is InChI=1S/C10H20N2O/c1-8(9(13)11-3)12-10(2)6-4-5-7-10/h8,12H,4-7H2,1-3H3,(H,11,13). The van der Waals surface area contributed by atoms with E-state index in [1.54, 1.807) is 7.05 Å². The molecule has 1 unspecified atom stereocenters. The molecule has 0 saturated heterocycles. The highest BCUT2D eigenvalue weighted by atomic mass is 16.2. The highest BCUT2D eigenvalue weighted by Crippen LogP contribution is 2.29. The van der Waals surface area contributed by atoms with Crippen molar-refractivity contribution in [3.05, 3.63) is 0 Å². The van der Waals surface area contributed by atoms with E-state index in [-0.39, 0.29) is 17.5 Å². The maximum atomic E-state index is 11.3. The predicted octanol–water partition coefficient (Wildman–Crippen LogP) is 1.04. The Morgan fingerprint density at radius 2 is 1.92 bits per heavy atom. The van der Waals surface area contributed by atoms with Gasteiger partial charge in [0.1, 0.15) is 0 Å². The molecule has 0 aromatic carbocycles. The van der Waals surface area contributed by atoms with Gasteiger partial charge in [0.05, 0.1) is 6.04 Å². The Hall–Kier alpha value is -0.570. The second-order valence-electron chi connectivity index (χ2n) is 4.25. The molecular formula is C10H20N2O. The lowest BCUT2D eigenvalue weighted by Gasteiger charge is -2.28. The molecule has 0 heterocycles. The molecule has 13 heavy (non-hydrogen) atoms. The van der Waals surface area contributed by atoms with Gasteiger partial charge >= 0.3 is 0 Å². The van der Waals surface area contributed by atoms with Crippen LogP contribution in [0.25, 0.3) is 0 Å². The van der Waals surface area contributed by atoms with Gasteiger partial charge in [-0.15, -0.1) is 0 Å². The van der Waals surface area contributed by atoms with Crippen molar-refractivity contribution in [2.45, 2.75) is 51.1 Å². The zero-order valence-corrected chi connectivity index (χ0v) is 8.81. The lowest BCUT2D eigenvalue weighted by atomic mass is 9.99. The third-order valence-electron chi connectivity index (χ3n) is 2.91. The van der Waals surface area contributed by atoms with Crippen molar-refractivity contribution in [3.63, 3.8) is 0 Å². The number of amides is 1. The topological polar surface area (TPSA) is 41.1 Å². The fraction of sp³-hybridized carbons (Fsp3) is 0.900. The molecule has 1 rings (SSSR count). The SMILES string of the molecule is CNC(=O)C(C)NC1(C)CCCC1. The smallest absolute Gasteiger partial charge is 0.236 e. The third-order valence-corrected chi connectivity index (χ3v) is 2.91. The lowest BCUT2D eigenvalue weighted by Crippen LogP contribution is -2.51. The molecule has 3 heteroatoms. The van der Waals surface area contributed by atoms with Crippen LogP contribution < -0.4 is 10.6 Å². The van der Waals surface area contributed by atoms with E-state index < -0.39 is 0 Å². The van der Waals surface area contributed by atoms with Crippen LogP contribution in [0.15, 0.2) is 0 Å². The average Bonchev–Trinajstić information content (AvgIpc) is 2.50. The van der Waals surface area contributed by atoms with Crippen molar-refractivity contribution in [2.75, 3.05) is 7.05 Å². The van der Waals surface area contributed by atoms with Crippen molar-refractivity contribution in [2.24, 2.45) is 0 Å². The van der Waals surface area contributed by atoms with Gasteiger partial charge in [0.2, 0.25) is 5.91 Å². The summed E-state index contributed by atoms with van der Waals surface area (Å²) in [6.07, 6.45) is 4.94. The van der Waals surface area contributed by atoms with E-state index in [0.717, 1.165) is 0 Å². The van der Waals surface area contributed by atoms with Crippen LogP contribution in [0.1, 0.15) is 39.5 Å². The Kier molecular flexibility index (Phi) is 3.31. The van der Waals surface area contributed by atoms with Gasteiger partial charge in [-0.25, -0.2) is 0 Å². The molecule has 0 bridgehead atoms. The van der Waals surface area contributed by atoms with E-state index in [4.69, 9.17) is 0 Å². The molecule has 0 radical (unpaired) electrons. The first-order valence-electron chi connectivity index (χ1n) is 5.07. The normalized spacial score (nSPS) is 22.7. The van der Waals surface area contributed by atoms with Crippen LogP contribution in [0.4, 0.5) is 0 Å². The summed E-state index contributed by atoms with van der Waals surface area (Å²) < 4.78 is 0. The van der Waals surface area contributed by atoms with Gasteiger partial charge in [-0.3, -0.25) is 4.79 Å². The predicted molar refractivity (Wildman–Crippen MR) is 53.5 cm³/mol. The number of hydrogen-bond acceptors (Lipinski definition) is 2. The average molecular weight is 184 g/mol. The molecule has 1 saturated carbocycles. The Balaban J connectivity index is 2.42. The van der Waals surface area contributed by atoms with Crippen molar-refractivity contribution in [3.8, 4) is 0 Å². The van der Waals surface area contributed by atoms with Gasteiger partial charge in [0.25, 0.3) is 0 Å². The number of nitrogens with one attached hydrogen (secondary N) is 2. The largest absolute Gasteiger partial charge is 0.358 e. The summed E-state index contributed by atoms with van der Waals surface area (Å²) in [4.78, 5) is 11.3. The minimum Gasteiger partial charge on any atom is -0.358 e. The zero-order chi connectivity index (χ0) is 9.90. The quantitative estimate of drug-likeness (QED) is 0.688. The van der Waals surface area contributed by atoms with E-state index in [0.29, 0.717) is 0 Å². The Labute approximate surface area is 80.3 Å². The fourth-order valence-corrected chi connectivity index (χ4v) is 2.10. The van der Waals surface area contributed by atoms with Gasteiger partial charge in [-0.1, -0.05) is 12.8 Å². The summed E-state index contributed by atoms with van der Waals surface area (Å²) in [5, 5.41) is 6.05. The second-order valence-corrected chi connectivity index (χ2v) is 4.25. The lowest BCUT2D eigenvalue weighted by molar-refractivity contribution is -0.122. The van der Waals surface area contributed by atoms with Crippen molar-refractivity contribution >= 4 is 5.91 Å². The first kappa shape index (κ1) is 10.5. The number of carbonyl (C=O) groups excluding carboxylic acids is 1. The Bertz CT molecular complexity index is 185. The molecule has 1 fully saturated rings. The van der Waals surface area contributed by atoms with E-state index >= 15 is 0 Å². The van der Waals surface area contributed by atoms with Crippen molar-refractivity contribution in [1.82, 2.24) is 10.6 Å². The molecule has 1 amide bonds. The molecule has 2 N–H and O–H groups in total. The van der Waals surface area contributed by atoms with E-state index in [1.807, 2.05) is 6.92 Å². The van der Waals surface area contributed by atoms with Crippen LogP contribution in [-0.4, -0.2) is 24.5 Å². The molecule has 0 aliphatic heterocycles. The number of likely N-dealkylation sites (N-methyl/N-ethyl adjacent to an activating group) is 1. The summed E-state index contributed by atoms with van der Waals surface area (Å²) in [5.74, 6) is 0.0770. The molecule has 0 aromatic heterocycles. The minimum atomic E-state index is -0.0758. The highest BCUT2D eigenvalue weighted by Gasteiger charge is 2.30. The Morgan fingerprint density at radius 1 is 1.38 bits per heavy atom. The molecule has 1 aliphatic rings. The highest BCUT2D eigenvalue weighted by molar-refractivity contribution is 5.81. The first-order chi connectivity index (χ1) is 6.07. The summed E-state index contributed by atoms with van der Waals surface area (Å²) in [6.45, 7) is 4.13. The monoisotopic (exact) mass is 184 g/mol. The van der Waals surface area contributed by atoms with Crippen LogP contribution in [-0.2, 0) is 4.79 Å². The van der Waals surface area contributed by atoms with Gasteiger partial charge in [-0.05, 0) is 26.7 Å². The van der Waals surface area contributed by atoms with Crippen LogP contribution in [0, 0.1) is 0 Å². The van der Waals surface area contributed by atoms with Crippen LogP contribution >= 0.6 is 0 Å². The van der Waals surface area contributed by atoms with E-state index in [2.05, 4.69) is 17.6 Å². The van der Waals surface area contributed by atoms with Crippen LogP contribution in [0.5, 0.6) is 0 Å². The summed E-state index contributed by atoms with van der Waals surface area (Å²) in [5.41, 5.74) is 0.186. The molecular weight excluding hydrogens is 164 g/mol. The third kappa shape index (κ3) is 2.69. The number of hydrogen-bond donors (Lipinski definition) is 2. The molecule has 3 nitrogen and oxygen atoms in total. The molecule has 1 atom stereocenters. The van der Waals surface area contributed by atoms with Crippen molar-refractivity contribution in [1.29, 1.82) is 0 Å². The minimum absolute atomic E-state index is 0.0758. The second kappa shape index (κ2) is 4.09. The first-order valence-corrected chi connectivity index (χ1v) is 5.07. The molecule has 0 spiro atoms. The summed E-state index contributed by atoms with van der Waals surface area (Å²) in [6, 6.07) is -0.0758. The number of rotatable bonds is 3.